The van der Waals surface area contributed by atoms with E-state index in [-0.39, 0.29) is 11.6 Å². The molecule has 0 aliphatic carbocycles. The summed E-state index contributed by atoms with van der Waals surface area (Å²) < 4.78 is 9.41. The summed E-state index contributed by atoms with van der Waals surface area (Å²) in [4.78, 5) is 26.6. The third-order valence-electron chi connectivity index (χ3n) is 2.46. The molecule has 20 heavy (non-hydrogen) atoms. The Morgan fingerprint density at radius 3 is 2.80 bits per heavy atom. The van der Waals surface area contributed by atoms with E-state index in [0.29, 0.717) is 31.8 Å². The molecule has 1 heterocycles. The predicted octanol–water partition coefficient (Wildman–Crippen LogP) is 0.433. The first kappa shape index (κ1) is 15.9. The largest absolute Gasteiger partial charge is 0.464 e. The lowest BCUT2D eigenvalue weighted by atomic mass is 10.3. The highest BCUT2D eigenvalue weighted by Crippen LogP contribution is 2.08. The first-order chi connectivity index (χ1) is 9.67. The maximum absolute atomic E-state index is 11.4. The predicted molar refractivity (Wildman–Crippen MR) is 73.6 cm³/mol. The molecule has 7 heteroatoms. The van der Waals surface area contributed by atoms with Crippen LogP contribution in [0, 0.1) is 0 Å². The van der Waals surface area contributed by atoms with Gasteiger partial charge in [0.05, 0.1) is 13.7 Å². The maximum atomic E-state index is 11.4. The summed E-state index contributed by atoms with van der Waals surface area (Å²) in [5.74, 6) is -0.553. The summed E-state index contributed by atoms with van der Waals surface area (Å²) >= 11 is 0. The van der Waals surface area contributed by atoms with Crippen LogP contribution >= 0.6 is 0 Å². The number of rotatable bonds is 8. The standard InChI is InChI=1S/C13H19N3O4/c1-19-8-7-16-12(17)4-6-14-10-3-5-15-11(9-10)13(18)20-2/h3,5,9H,4,6-8H2,1-2H3,(H,14,15)(H,16,17). The summed E-state index contributed by atoms with van der Waals surface area (Å²) in [7, 11) is 2.88. The lowest BCUT2D eigenvalue weighted by Gasteiger charge is -2.08. The van der Waals surface area contributed by atoms with Gasteiger partial charge in [0.25, 0.3) is 0 Å². The molecule has 0 saturated carbocycles. The molecule has 0 saturated heterocycles. The number of hydrogen-bond acceptors (Lipinski definition) is 6. The molecule has 2 N–H and O–H groups in total. The van der Waals surface area contributed by atoms with Crippen molar-refractivity contribution in [3.05, 3.63) is 24.0 Å². The first-order valence-corrected chi connectivity index (χ1v) is 6.21. The molecule has 1 amide bonds. The second kappa shape index (κ2) is 8.87. The zero-order valence-corrected chi connectivity index (χ0v) is 11.6. The normalized spacial score (nSPS) is 9.90. The molecule has 0 spiro atoms. The second-order valence-electron chi connectivity index (χ2n) is 3.94. The number of hydrogen-bond donors (Lipinski definition) is 2. The summed E-state index contributed by atoms with van der Waals surface area (Å²) in [5, 5.41) is 5.76. The first-order valence-electron chi connectivity index (χ1n) is 6.21. The molecular formula is C13H19N3O4. The van der Waals surface area contributed by atoms with E-state index in [1.807, 2.05) is 0 Å². The summed E-state index contributed by atoms with van der Waals surface area (Å²) in [6, 6.07) is 3.30. The number of amides is 1. The number of ether oxygens (including phenoxy) is 2. The van der Waals surface area contributed by atoms with Crippen molar-refractivity contribution in [2.24, 2.45) is 0 Å². The molecule has 7 nitrogen and oxygen atoms in total. The highest BCUT2D eigenvalue weighted by atomic mass is 16.5. The third-order valence-corrected chi connectivity index (χ3v) is 2.46. The molecule has 1 aromatic heterocycles. The minimum atomic E-state index is -0.494. The third kappa shape index (κ3) is 5.66. The Labute approximate surface area is 117 Å². The highest BCUT2D eigenvalue weighted by Gasteiger charge is 2.07. The monoisotopic (exact) mass is 281 g/mol. The average molecular weight is 281 g/mol. The van der Waals surface area contributed by atoms with Gasteiger partial charge in [-0.3, -0.25) is 4.79 Å². The minimum absolute atomic E-state index is 0.0585. The number of methoxy groups -OCH3 is 2. The number of carbonyl (C=O) groups excluding carboxylic acids is 2. The lowest BCUT2D eigenvalue weighted by molar-refractivity contribution is -0.121. The molecule has 0 unspecified atom stereocenters. The Kier molecular flexibility index (Phi) is 7.05. The van der Waals surface area contributed by atoms with E-state index in [1.165, 1.54) is 13.3 Å². The number of nitrogens with zero attached hydrogens (tertiary/aromatic N) is 1. The van der Waals surface area contributed by atoms with Gasteiger partial charge in [0.15, 0.2) is 0 Å². The van der Waals surface area contributed by atoms with E-state index in [0.717, 1.165) is 0 Å². The van der Waals surface area contributed by atoms with Crippen LogP contribution in [0.25, 0.3) is 0 Å². The van der Waals surface area contributed by atoms with Gasteiger partial charge in [-0.05, 0) is 12.1 Å². The Bertz CT molecular complexity index is 451. The number of anilines is 1. The molecule has 0 fully saturated rings. The fourth-order valence-electron chi connectivity index (χ4n) is 1.46. The molecule has 1 rings (SSSR count). The van der Waals surface area contributed by atoms with Crippen LogP contribution in [0.5, 0.6) is 0 Å². The number of nitrogens with one attached hydrogen (secondary N) is 2. The van der Waals surface area contributed by atoms with Crippen molar-refractivity contribution < 1.29 is 19.1 Å². The average Bonchev–Trinajstić information content (AvgIpc) is 2.47. The van der Waals surface area contributed by atoms with Crippen molar-refractivity contribution in [2.75, 3.05) is 39.2 Å². The molecule has 0 bridgehead atoms. The van der Waals surface area contributed by atoms with Gasteiger partial charge in [-0.15, -0.1) is 0 Å². The van der Waals surface area contributed by atoms with Crippen LogP contribution in [0.4, 0.5) is 5.69 Å². The van der Waals surface area contributed by atoms with Crippen LogP contribution in [-0.2, 0) is 14.3 Å². The van der Waals surface area contributed by atoms with Gasteiger partial charge in [0.1, 0.15) is 5.69 Å². The molecule has 1 aromatic rings. The quantitative estimate of drug-likeness (QED) is 0.530. The second-order valence-corrected chi connectivity index (χ2v) is 3.94. The Morgan fingerprint density at radius 1 is 1.30 bits per heavy atom. The van der Waals surface area contributed by atoms with E-state index < -0.39 is 5.97 Å². The fourth-order valence-corrected chi connectivity index (χ4v) is 1.46. The van der Waals surface area contributed by atoms with E-state index in [4.69, 9.17) is 4.74 Å². The van der Waals surface area contributed by atoms with Crippen molar-refractivity contribution in [1.29, 1.82) is 0 Å². The van der Waals surface area contributed by atoms with Crippen molar-refractivity contribution >= 4 is 17.6 Å². The van der Waals surface area contributed by atoms with Crippen molar-refractivity contribution in [1.82, 2.24) is 10.3 Å². The van der Waals surface area contributed by atoms with E-state index in [9.17, 15) is 9.59 Å². The zero-order valence-electron chi connectivity index (χ0n) is 11.6. The van der Waals surface area contributed by atoms with E-state index >= 15 is 0 Å². The number of pyridine rings is 1. The highest BCUT2D eigenvalue weighted by molar-refractivity contribution is 5.88. The Morgan fingerprint density at radius 2 is 2.10 bits per heavy atom. The number of esters is 1. The van der Waals surface area contributed by atoms with Gasteiger partial charge in [0.2, 0.25) is 5.91 Å². The summed E-state index contributed by atoms with van der Waals surface area (Å²) in [5.41, 5.74) is 0.937. The van der Waals surface area contributed by atoms with Gasteiger partial charge >= 0.3 is 5.97 Å². The van der Waals surface area contributed by atoms with Crippen LogP contribution in [0.15, 0.2) is 18.3 Å². The van der Waals surface area contributed by atoms with Gasteiger partial charge in [-0.1, -0.05) is 0 Å². The van der Waals surface area contributed by atoms with Crippen molar-refractivity contribution in [3.63, 3.8) is 0 Å². The SMILES string of the molecule is COCCNC(=O)CCNc1ccnc(C(=O)OC)c1. The Balaban J connectivity index is 2.35. The van der Waals surface area contributed by atoms with Crippen molar-refractivity contribution in [2.45, 2.75) is 6.42 Å². The number of carbonyl (C=O) groups is 2. The number of aromatic nitrogens is 1. The molecule has 0 aliphatic heterocycles. The summed E-state index contributed by atoms with van der Waals surface area (Å²) in [6.45, 7) is 1.45. The van der Waals surface area contributed by atoms with Crippen molar-refractivity contribution in [3.8, 4) is 0 Å². The Hall–Kier alpha value is -2.15. The molecule has 0 aliphatic rings. The summed E-state index contributed by atoms with van der Waals surface area (Å²) in [6.07, 6.45) is 1.84. The van der Waals surface area contributed by atoms with Gasteiger partial charge in [-0.25, -0.2) is 9.78 Å². The molecule has 0 atom stereocenters. The van der Waals surface area contributed by atoms with E-state index in [1.54, 1.807) is 19.2 Å². The minimum Gasteiger partial charge on any atom is -0.464 e. The van der Waals surface area contributed by atoms with Crippen LogP contribution in [-0.4, -0.2) is 50.8 Å². The van der Waals surface area contributed by atoms with Gasteiger partial charge in [0, 0.05) is 38.5 Å². The zero-order chi connectivity index (χ0) is 14.8. The van der Waals surface area contributed by atoms with Crippen LogP contribution in [0.3, 0.4) is 0 Å². The fraction of sp³-hybridized carbons (Fsp3) is 0.462. The van der Waals surface area contributed by atoms with Gasteiger partial charge < -0.3 is 20.1 Å². The van der Waals surface area contributed by atoms with Crippen LogP contribution < -0.4 is 10.6 Å². The van der Waals surface area contributed by atoms with Gasteiger partial charge in [-0.2, -0.15) is 0 Å². The smallest absolute Gasteiger partial charge is 0.356 e. The molecular weight excluding hydrogens is 262 g/mol. The molecule has 0 aromatic carbocycles. The molecule has 110 valence electrons. The van der Waals surface area contributed by atoms with Crippen LogP contribution in [0.1, 0.15) is 16.9 Å². The lowest BCUT2D eigenvalue weighted by Crippen LogP contribution is -2.28. The van der Waals surface area contributed by atoms with E-state index in [2.05, 4.69) is 20.4 Å². The maximum Gasteiger partial charge on any atom is 0.356 e. The van der Waals surface area contributed by atoms with Crippen LogP contribution in [0.2, 0.25) is 0 Å². The molecule has 0 radical (unpaired) electrons. The topological polar surface area (TPSA) is 89.5 Å².